The number of Topliss-reactive ketones (excluding diaryl/α,β-unsaturated/α-hetero) is 1. The van der Waals surface area contributed by atoms with Crippen molar-refractivity contribution in [3.05, 3.63) is 56.9 Å². The van der Waals surface area contributed by atoms with Gasteiger partial charge < -0.3 is 83.0 Å². The van der Waals surface area contributed by atoms with Crippen LogP contribution in [0.4, 0.5) is 4.79 Å². The zero-order valence-electron chi connectivity index (χ0n) is 50.9. The van der Waals surface area contributed by atoms with E-state index in [0.717, 1.165) is 12.7 Å². The van der Waals surface area contributed by atoms with Crippen LogP contribution >= 0.6 is 0 Å². The second kappa shape index (κ2) is 25.6. The quantitative estimate of drug-likeness (QED) is 0.0359. The number of carbonyl (C=O) groups excluding carboxylic acids is 4. The van der Waals surface area contributed by atoms with E-state index in [1.165, 1.54) is 13.8 Å². The smallest absolute Gasteiger partial charge is 0.407 e. The molecule has 0 radical (unpaired) electrons. The average Bonchev–Trinajstić information content (AvgIpc) is 1.74. The monoisotopic (exact) mass is 1200 g/mol. The minimum Gasteiger partial charge on any atom is -0.511 e. The number of nitrogens with zero attached hydrogens (tertiary/aromatic N) is 1. The van der Waals surface area contributed by atoms with E-state index in [9.17, 15) is 50.0 Å². The number of carbonyl (C=O) groups is 4. The Bertz CT molecular complexity index is 2620. The molecular formula is C61H90N2O22. The second-order valence-electron chi connectivity index (χ2n) is 26.2. The number of rotatable bonds is 12. The molecule has 1 amide bonds. The zero-order valence-corrected chi connectivity index (χ0v) is 50.9. The first kappa shape index (κ1) is 65.0. The molecule has 24 heteroatoms. The largest absolute Gasteiger partial charge is 0.511 e. The van der Waals surface area contributed by atoms with Crippen LogP contribution in [0.2, 0.25) is 0 Å². The van der Waals surface area contributed by atoms with Gasteiger partial charge in [0.15, 0.2) is 36.9 Å². The third-order valence-electron chi connectivity index (χ3n) is 20.3. The molecule has 24 nitrogen and oxygen atoms in total. The number of nitrogens with one attached hydrogen (secondary N) is 1. The summed E-state index contributed by atoms with van der Waals surface area (Å²) in [5, 5.41) is 71.8. The molecule has 6 N–H and O–H groups in total. The highest BCUT2D eigenvalue weighted by atomic mass is 16.7. The summed E-state index contributed by atoms with van der Waals surface area (Å²) in [5.41, 5.74) is -4.55. The van der Waals surface area contributed by atoms with Crippen molar-refractivity contribution in [1.82, 2.24) is 5.32 Å². The van der Waals surface area contributed by atoms with E-state index in [4.69, 9.17) is 52.1 Å². The molecule has 2 bridgehead atoms. The van der Waals surface area contributed by atoms with Crippen LogP contribution in [0.1, 0.15) is 134 Å². The number of alkyl carbamates (subject to hydrolysis) is 1. The van der Waals surface area contributed by atoms with E-state index >= 15 is 4.79 Å². The molecule has 1 unspecified atom stereocenters. The molecule has 85 heavy (non-hydrogen) atoms. The Kier molecular flexibility index (Phi) is 19.6. The van der Waals surface area contributed by atoms with E-state index < -0.39 is 197 Å². The number of nitro groups is 1. The first-order valence-electron chi connectivity index (χ1n) is 30.3. The number of esters is 2. The van der Waals surface area contributed by atoms with Gasteiger partial charge in [0.25, 0.3) is 0 Å². The summed E-state index contributed by atoms with van der Waals surface area (Å²) in [6.45, 7) is 18.8. The molecule has 0 aromatic heterocycles. The summed E-state index contributed by atoms with van der Waals surface area (Å²) in [7, 11) is 1.15. The van der Waals surface area contributed by atoms with E-state index in [0.29, 0.717) is 24.8 Å². The molecule has 7 fully saturated rings. The highest BCUT2D eigenvalue weighted by Crippen LogP contribution is 2.61. The number of amides is 1. The van der Waals surface area contributed by atoms with E-state index in [-0.39, 0.29) is 50.4 Å². The molecule has 27 atom stereocenters. The van der Waals surface area contributed by atoms with Gasteiger partial charge in [-0.15, -0.1) is 0 Å². The lowest BCUT2D eigenvalue weighted by atomic mass is 9.49. The molecule has 2 saturated carbocycles. The molecule has 476 valence electrons. The van der Waals surface area contributed by atoms with Gasteiger partial charge in [-0.2, -0.15) is 0 Å². The maximum absolute atomic E-state index is 15.6. The van der Waals surface area contributed by atoms with Crippen molar-refractivity contribution in [2.45, 2.75) is 250 Å². The Morgan fingerprint density at radius 3 is 2.11 bits per heavy atom. The first-order valence-corrected chi connectivity index (χ1v) is 30.3. The number of hydrogen-bond donors (Lipinski definition) is 6. The number of fused-ring (bicyclic) bond motifs is 4. The SMILES string of the molecule is COC(=O)N[C@H]1[C@@H](C)O[C@@H](O[C@H]2C/C=C(\C)[C@@H]3C=C[C@@H]4[C@@H](O[C@H]5C[C@@H](O[C@H]6CC[C@@H](O[C@@H]7C[C@@H](O)[C@@H](O)[C@H](C)O7)[C@H](C)O6)[C@@H](OC(C)=O)[C@H](C)O5)[C@@H](C)C[C@H](C)[C@H]4[C@]3(C)C(O)=C3C(=O)O[C@]4(C[C@H](CO)C[C@H](O)C4/C=C\2C)C3=O)C[C@]1(C)[N+](=O)[O-]. The van der Waals surface area contributed by atoms with E-state index in [1.807, 2.05) is 32.9 Å². The Balaban J connectivity index is 1.03. The lowest BCUT2D eigenvalue weighted by Gasteiger charge is -2.56. The van der Waals surface area contributed by atoms with Crippen molar-refractivity contribution < 1.29 is 102 Å². The van der Waals surface area contributed by atoms with Crippen molar-refractivity contribution >= 4 is 23.8 Å². The number of aliphatic hydroxyl groups is 5. The lowest BCUT2D eigenvalue weighted by Crippen LogP contribution is -2.65. The average molecular weight is 1200 g/mol. The van der Waals surface area contributed by atoms with Crippen molar-refractivity contribution in [2.75, 3.05) is 13.7 Å². The van der Waals surface area contributed by atoms with Gasteiger partial charge in [0.2, 0.25) is 11.3 Å². The van der Waals surface area contributed by atoms with Crippen LogP contribution in [0.25, 0.3) is 0 Å². The first-order chi connectivity index (χ1) is 40.0. The molecule has 0 aromatic carbocycles. The third-order valence-corrected chi connectivity index (χ3v) is 20.3. The maximum atomic E-state index is 15.6. The normalized spacial score (nSPS) is 48.0. The highest BCUT2D eigenvalue weighted by Gasteiger charge is 2.66. The van der Waals surface area contributed by atoms with Crippen molar-refractivity contribution in [3.63, 3.8) is 0 Å². The van der Waals surface area contributed by atoms with Gasteiger partial charge in [-0.3, -0.25) is 19.7 Å². The topological polar surface area (TPSA) is 326 Å². The van der Waals surface area contributed by atoms with Gasteiger partial charge in [-0.05, 0) is 96.5 Å². The van der Waals surface area contributed by atoms with Gasteiger partial charge in [0.05, 0.1) is 74.4 Å². The summed E-state index contributed by atoms with van der Waals surface area (Å²) in [4.78, 5) is 67.7. The molecule has 5 aliphatic heterocycles. The fraction of sp³-hybridized carbons (Fsp3) is 0.803. The third kappa shape index (κ3) is 12.5. The Labute approximate surface area is 496 Å². The van der Waals surface area contributed by atoms with Gasteiger partial charge in [0, 0.05) is 68.3 Å². The van der Waals surface area contributed by atoms with Crippen LogP contribution in [0, 0.1) is 57.0 Å². The molecule has 9 rings (SSSR count). The summed E-state index contributed by atoms with van der Waals surface area (Å²) in [6.07, 6.45) is -4.88. The Morgan fingerprint density at radius 2 is 1.45 bits per heavy atom. The Morgan fingerprint density at radius 1 is 0.776 bits per heavy atom. The summed E-state index contributed by atoms with van der Waals surface area (Å²) >= 11 is 0. The van der Waals surface area contributed by atoms with Crippen LogP contribution in [0.5, 0.6) is 0 Å². The number of ketones is 1. The van der Waals surface area contributed by atoms with Crippen LogP contribution in [-0.4, -0.2) is 184 Å². The maximum Gasteiger partial charge on any atom is 0.407 e. The fourth-order valence-corrected chi connectivity index (χ4v) is 16.0. The molecule has 9 aliphatic rings. The predicted octanol–water partition coefficient (Wildman–Crippen LogP) is 5.32. The van der Waals surface area contributed by atoms with Crippen LogP contribution in [0.15, 0.2) is 46.8 Å². The van der Waals surface area contributed by atoms with Crippen LogP contribution in [0.3, 0.4) is 0 Å². The molecule has 0 aromatic rings. The number of allylic oxidation sites excluding steroid dienone is 3. The van der Waals surface area contributed by atoms with Crippen molar-refractivity contribution in [2.24, 2.45) is 46.8 Å². The fourth-order valence-electron chi connectivity index (χ4n) is 16.0. The summed E-state index contributed by atoms with van der Waals surface area (Å²) in [6, 6.07) is -1.11. The predicted molar refractivity (Wildman–Crippen MR) is 298 cm³/mol. The Hall–Kier alpha value is -4.44. The molecule has 5 saturated heterocycles. The molecular weight excluding hydrogens is 1110 g/mol. The number of aliphatic hydroxyl groups excluding tert-OH is 5. The number of methoxy groups -OCH3 is 1. The van der Waals surface area contributed by atoms with Crippen LogP contribution < -0.4 is 5.32 Å². The summed E-state index contributed by atoms with van der Waals surface area (Å²) in [5.74, 6) is -6.63. The minimum atomic E-state index is -2.05. The van der Waals surface area contributed by atoms with Gasteiger partial charge in [-0.25, -0.2) is 9.59 Å². The molecule has 1 spiro atoms. The van der Waals surface area contributed by atoms with Gasteiger partial charge in [-0.1, -0.05) is 50.6 Å². The van der Waals surface area contributed by atoms with E-state index in [1.54, 1.807) is 33.8 Å². The van der Waals surface area contributed by atoms with Gasteiger partial charge >= 0.3 is 18.0 Å². The minimum absolute atomic E-state index is 0.0539. The second-order valence-corrected chi connectivity index (χ2v) is 26.2. The highest BCUT2D eigenvalue weighted by molar-refractivity contribution is 6.26. The summed E-state index contributed by atoms with van der Waals surface area (Å²) < 4.78 is 68.8. The lowest BCUT2D eigenvalue weighted by molar-refractivity contribution is -0.584. The van der Waals surface area contributed by atoms with Gasteiger partial charge in [0.1, 0.15) is 29.6 Å². The number of ether oxygens (including phenoxy) is 11. The van der Waals surface area contributed by atoms with E-state index in [2.05, 4.69) is 25.2 Å². The van der Waals surface area contributed by atoms with Crippen LogP contribution in [-0.2, 0) is 66.5 Å². The number of hydrogen-bond acceptors (Lipinski definition) is 22. The van der Waals surface area contributed by atoms with Crippen molar-refractivity contribution in [1.29, 1.82) is 0 Å². The standard InChI is InChI=1S/C61H90N2O22/c1-27-13-16-42(81-48-25-59(10,63(73)74)54(34(8)79-48)62-58(72)75-12)28(2)20-39-40(66)21-36(26-64)24-61(39)56(70)49(57(71)85-61)55(69)60(11)38(27)15-14-37-50(60)29(3)19-30(4)52(37)84-47-23-44(53(33(7)78-47)80-35(9)65)83-45-18-17-43(31(5)76-45)82-46-22-41(67)51(68)32(6)77-46/h13-15,20,29-34,36-48,50-54,64,66-69H,16-19,21-26H2,1-12H3,(H,62,72)/b27-13+,28-20-,55-49?/t29-,30-,31-,32-,33-,34+,36+,37-,38-,39?,40-,41+,42-,43+,44+,45-,46+,47-,48-,50+,51-,52-,53-,54-,59-,60+,61-/m0/s1. The molecule has 5 heterocycles. The molecule has 4 aliphatic carbocycles. The van der Waals surface area contributed by atoms with Crippen molar-refractivity contribution in [3.8, 4) is 0 Å². The zero-order chi connectivity index (χ0) is 61.9.